The Hall–Kier alpha value is -1.70. The Kier molecular flexibility index (Phi) is 6.11. The Morgan fingerprint density at radius 1 is 1.36 bits per heavy atom. The highest BCUT2D eigenvalue weighted by Crippen LogP contribution is 2.26. The van der Waals surface area contributed by atoms with Crippen LogP contribution < -0.4 is 10.9 Å². The first-order valence-electron chi connectivity index (χ1n) is 7.06. The normalized spacial score (nSPS) is 13.4. The van der Waals surface area contributed by atoms with Crippen molar-refractivity contribution in [3.8, 4) is 0 Å². The molecule has 6 heteroatoms. The first-order valence-corrected chi connectivity index (χ1v) is 8.31. The lowest BCUT2D eigenvalue weighted by atomic mass is 10.1. The monoisotopic (exact) mass is 411 g/mol. The van der Waals surface area contributed by atoms with Gasteiger partial charge in [-0.25, -0.2) is 4.98 Å². The predicted octanol–water partition coefficient (Wildman–Crippen LogP) is 2.56. The highest BCUT2D eigenvalue weighted by Gasteiger charge is 2.14. The second-order valence-electron chi connectivity index (χ2n) is 5.12. The van der Waals surface area contributed by atoms with E-state index >= 15 is 0 Å². The Labute approximate surface area is 142 Å². The molecule has 116 valence electrons. The zero-order valence-corrected chi connectivity index (χ0v) is 14.4. The lowest BCUT2D eigenvalue weighted by molar-refractivity contribution is -0.121. The van der Waals surface area contributed by atoms with E-state index in [0.29, 0.717) is 18.7 Å². The zero-order chi connectivity index (χ0) is 15.9. The number of rotatable bonds is 6. The molecule has 0 spiro atoms. The van der Waals surface area contributed by atoms with E-state index in [1.54, 1.807) is 0 Å². The maximum atomic E-state index is 12.0. The molecule has 2 aromatic rings. The summed E-state index contributed by atoms with van der Waals surface area (Å²) in [6.07, 6.45) is 1.81. The topological polar surface area (TPSA) is 74.8 Å². The SMILES string of the molecule is CC(CNC(=O)CC(I)c1ccccc1)c1cc(=O)[nH]cn1. The molecule has 0 radical (unpaired) electrons. The molecule has 0 fully saturated rings. The number of H-pyrrole nitrogens is 1. The largest absolute Gasteiger partial charge is 0.355 e. The Bertz CT molecular complexity index is 672. The first-order chi connectivity index (χ1) is 10.6. The number of nitrogens with one attached hydrogen (secondary N) is 2. The molecule has 0 aliphatic heterocycles. The van der Waals surface area contributed by atoms with Crippen molar-refractivity contribution in [3.05, 3.63) is 64.3 Å². The molecule has 2 N–H and O–H groups in total. The van der Waals surface area contributed by atoms with Gasteiger partial charge in [0.1, 0.15) is 0 Å². The van der Waals surface area contributed by atoms with Gasteiger partial charge in [-0.05, 0) is 5.56 Å². The average molecular weight is 411 g/mol. The van der Waals surface area contributed by atoms with E-state index in [1.165, 1.54) is 12.4 Å². The van der Waals surface area contributed by atoms with Crippen LogP contribution in [0.2, 0.25) is 0 Å². The zero-order valence-electron chi connectivity index (χ0n) is 12.3. The Balaban J connectivity index is 1.84. The molecule has 1 aromatic carbocycles. The molecule has 2 atom stereocenters. The van der Waals surface area contributed by atoms with E-state index in [-0.39, 0.29) is 21.3 Å². The van der Waals surface area contributed by atoms with Crippen LogP contribution in [0.4, 0.5) is 0 Å². The van der Waals surface area contributed by atoms with Crippen molar-refractivity contribution in [1.82, 2.24) is 15.3 Å². The average Bonchev–Trinajstić information content (AvgIpc) is 2.53. The van der Waals surface area contributed by atoms with Crippen molar-refractivity contribution < 1.29 is 4.79 Å². The van der Waals surface area contributed by atoms with Crippen LogP contribution in [-0.4, -0.2) is 22.4 Å². The molecular formula is C16H18IN3O2. The number of halogens is 1. The van der Waals surface area contributed by atoms with Crippen LogP contribution in [0.3, 0.4) is 0 Å². The van der Waals surface area contributed by atoms with Gasteiger partial charge in [-0.15, -0.1) is 0 Å². The molecule has 1 amide bonds. The number of nitrogens with zero attached hydrogens (tertiary/aromatic N) is 1. The fourth-order valence-corrected chi connectivity index (χ4v) is 2.85. The molecule has 0 aliphatic carbocycles. The van der Waals surface area contributed by atoms with Gasteiger partial charge in [-0.1, -0.05) is 59.8 Å². The van der Waals surface area contributed by atoms with Crippen LogP contribution in [0, 0.1) is 0 Å². The van der Waals surface area contributed by atoms with Crippen molar-refractivity contribution in [2.45, 2.75) is 23.2 Å². The van der Waals surface area contributed by atoms with Crippen LogP contribution in [0.5, 0.6) is 0 Å². The molecule has 2 rings (SSSR count). The Morgan fingerprint density at radius 3 is 2.77 bits per heavy atom. The number of benzene rings is 1. The fourth-order valence-electron chi connectivity index (χ4n) is 2.04. The van der Waals surface area contributed by atoms with Crippen LogP contribution in [0.15, 0.2) is 47.5 Å². The molecule has 0 saturated carbocycles. The molecule has 0 bridgehead atoms. The van der Waals surface area contributed by atoms with Gasteiger partial charge in [-0.2, -0.15) is 0 Å². The second-order valence-corrected chi connectivity index (χ2v) is 6.63. The third-order valence-electron chi connectivity index (χ3n) is 3.34. The van der Waals surface area contributed by atoms with E-state index in [9.17, 15) is 9.59 Å². The molecule has 0 saturated heterocycles. The Morgan fingerprint density at radius 2 is 2.09 bits per heavy atom. The fraction of sp³-hybridized carbons (Fsp3) is 0.312. The third kappa shape index (κ3) is 4.94. The maximum absolute atomic E-state index is 12.0. The van der Waals surface area contributed by atoms with Crippen LogP contribution in [-0.2, 0) is 4.79 Å². The van der Waals surface area contributed by atoms with E-state index in [4.69, 9.17) is 0 Å². The molecule has 0 aliphatic rings. The summed E-state index contributed by atoms with van der Waals surface area (Å²) < 4.78 is 0.145. The number of hydrogen-bond donors (Lipinski definition) is 2. The second kappa shape index (κ2) is 8.07. The minimum Gasteiger partial charge on any atom is -0.355 e. The van der Waals surface area contributed by atoms with Crippen molar-refractivity contribution in [1.29, 1.82) is 0 Å². The van der Waals surface area contributed by atoms with E-state index in [1.807, 2.05) is 37.3 Å². The third-order valence-corrected chi connectivity index (χ3v) is 4.50. The van der Waals surface area contributed by atoms with Gasteiger partial charge in [0.25, 0.3) is 5.56 Å². The van der Waals surface area contributed by atoms with Crippen LogP contribution >= 0.6 is 22.6 Å². The van der Waals surface area contributed by atoms with Crippen molar-refractivity contribution in [2.75, 3.05) is 6.54 Å². The van der Waals surface area contributed by atoms with Crippen molar-refractivity contribution >= 4 is 28.5 Å². The number of carbonyl (C=O) groups is 1. The smallest absolute Gasteiger partial charge is 0.250 e. The minimum atomic E-state index is -0.181. The van der Waals surface area contributed by atoms with Gasteiger partial charge in [0.05, 0.1) is 12.0 Å². The lowest BCUT2D eigenvalue weighted by Gasteiger charge is -2.14. The highest BCUT2D eigenvalue weighted by molar-refractivity contribution is 14.1. The summed E-state index contributed by atoms with van der Waals surface area (Å²) in [7, 11) is 0. The standard InChI is InChI=1S/C16H18IN3O2/c1-11(14-8-16(22)20-10-19-14)9-18-15(21)7-13(17)12-5-3-2-4-6-12/h2-6,8,10-11,13H,7,9H2,1H3,(H,18,21)(H,19,20,22). The number of carbonyl (C=O) groups excluding carboxylic acids is 1. The van der Waals surface area contributed by atoms with Crippen molar-refractivity contribution in [2.24, 2.45) is 0 Å². The number of hydrogen-bond acceptors (Lipinski definition) is 3. The van der Waals surface area contributed by atoms with E-state index < -0.39 is 0 Å². The van der Waals surface area contributed by atoms with E-state index in [0.717, 1.165) is 5.56 Å². The lowest BCUT2D eigenvalue weighted by Crippen LogP contribution is -2.28. The summed E-state index contributed by atoms with van der Waals surface area (Å²) in [5.74, 6) is -0.00409. The van der Waals surface area contributed by atoms with Crippen LogP contribution in [0.25, 0.3) is 0 Å². The summed E-state index contributed by atoms with van der Waals surface area (Å²) in [5, 5.41) is 2.91. The van der Waals surface area contributed by atoms with Crippen molar-refractivity contribution in [3.63, 3.8) is 0 Å². The molecule has 5 nitrogen and oxygen atoms in total. The predicted molar refractivity (Wildman–Crippen MR) is 94.1 cm³/mol. The maximum Gasteiger partial charge on any atom is 0.250 e. The summed E-state index contributed by atoms with van der Waals surface area (Å²) in [6, 6.07) is 11.4. The van der Waals surface area contributed by atoms with Gasteiger partial charge in [-0.3, -0.25) is 9.59 Å². The van der Waals surface area contributed by atoms with Gasteiger partial charge in [0.15, 0.2) is 0 Å². The molecule has 22 heavy (non-hydrogen) atoms. The number of aromatic nitrogens is 2. The molecule has 1 heterocycles. The minimum absolute atomic E-state index is 0.0000522. The molecule has 1 aromatic heterocycles. The van der Waals surface area contributed by atoms with Gasteiger partial charge >= 0.3 is 0 Å². The highest BCUT2D eigenvalue weighted by atomic mass is 127. The molecular weight excluding hydrogens is 393 g/mol. The quantitative estimate of drug-likeness (QED) is 0.567. The summed E-state index contributed by atoms with van der Waals surface area (Å²) in [5.41, 5.74) is 1.64. The van der Waals surface area contributed by atoms with E-state index in [2.05, 4.69) is 37.9 Å². The van der Waals surface area contributed by atoms with Gasteiger partial charge in [0, 0.05) is 28.9 Å². The summed E-state index contributed by atoms with van der Waals surface area (Å²) >= 11 is 2.28. The first kappa shape index (κ1) is 16.7. The number of aromatic amines is 1. The number of amides is 1. The van der Waals surface area contributed by atoms with Crippen LogP contribution in [0.1, 0.15) is 34.4 Å². The van der Waals surface area contributed by atoms with Gasteiger partial charge in [0.2, 0.25) is 5.91 Å². The number of alkyl halides is 1. The summed E-state index contributed by atoms with van der Waals surface area (Å²) in [4.78, 5) is 29.9. The van der Waals surface area contributed by atoms with Gasteiger partial charge < -0.3 is 10.3 Å². The molecule has 2 unspecified atom stereocenters. The summed E-state index contributed by atoms with van der Waals surface area (Å²) in [6.45, 7) is 2.40.